The number of amides is 1. The van der Waals surface area contributed by atoms with Crippen LogP contribution in [0.25, 0.3) is 0 Å². The normalized spacial score (nSPS) is 18.1. The third-order valence-electron chi connectivity index (χ3n) is 3.53. The number of para-hydroxylation sites is 2. The Bertz CT molecular complexity index is 517. The lowest BCUT2D eigenvalue weighted by Gasteiger charge is -2.31. The number of aromatic hydroxyl groups is 1. The smallest absolute Gasteiger partial charge is 0.310 e. The Morgan fingerprint density at radius 3 is 2.86 bits per heavy atom. The molecule has 2 rings (SSSR count). The number of phenols is 1. The summed E-state index contributed by atoms with van der Waals surface area (Å²) in [7, 11) is 1.35. The number of piperidine rings is 1. The first-order valence-corrected chi connectivity index (χ1v) is 6.88. The van der Waals surface area contributed by atoms with Crippen LogP contribution >= 0.6 is 0 Å². The van der Waals surface area contributed by atoms with Gasteiger partial charge >= 0.3 is 5.97 Å². The number of rotatable bonds is 4. The van der Waals surface area contributed by atoms with E-state index in [0.29, 0.717) is 13.1 Å². The topological polar surface area (TPSA) is 76.1 Å². The van der Waals surface area contributed by atoms with Gasteiger partial charge in [-0.2, -0.15) is 0 Å². The third-order valence-corrected chi connectivity index (χ3v) is 3.53. The van der Waals surface area contributed by atoms with Crippen LogP contribution in [-0.2, 0) is 14.3 Å². The Balaban J connectivity index is 1.88. The fraction of sp³-hybridized carbons (Fsp3) is 0.467. The minimum atomic E-state index is -0.283. The highest BCUT2D eigenvalue weighted by atomic mass is 16.5. The summed E-state index contributed by atoms with van der Waals surface area (Å²) in [5.41, 5.74) is 0. The van der Waals surface area contributed by atoms with Crippen molar-refractivity contribution < 1.29 is 24.2 Å². The molecule has 1 heterocycles. The molecule has 0 aliphatic carbocycles. The molecule has 1 fully saturated rings. The zero-order valence-corrected chi connectivity index (χ0v) is 11.9. The summed E-state index contributed by atoms with van der Waals surface area (Å²) in [5.74, 6) is -0.484. The Morgan fingerprint density at radius 1 is 1.38 bits per heavy atom. The first-order valence-electron chi connectivity index (χ1n) is 6.88. The van der Waals surface area contributed by atoms with E-state index in [9.17, 15) is 14.7 Å². The molecule has 0 aromatic heterocycles. The number of hydrogen-bond donors (Lipinski definition) is 1. The fourth-order valence-corrected chi connectivity index (χ4v) is 2.37. The molecule has 0 saturated carbocycles. The van der Waals surface area contributed by atoms with E-state index >= 15 is 0 Å². The number of nitrogens with zero attached hydrogens (tertiary/aromatic N) is 1. The molecule has 1 atom stereocenters. The number of carbonyl (C=O) groups is 2. The molecule has 1 aromatic rings. The molecule has 1 unspecified atom stereocenters. The highest BCUT2D eigenvalue weighted by Gasteiger charge is 2.29. The molecule has 1 amide bonds. The van der Waals surface area contributed by atoms with E-state index < -0.39 is 0 Å². The minimum Gasteiger partial charge on any atom is -0.504 e. The first kappa shape index (κ1) is 15.2. The summed E-state index contributed by atoms with van der Waals surface area (Å²) in [6, 6.07) is 6.48. The third kappa shape index (κ3) is 3.87. The molecule has 0 radical (unpaired) electrons. The lowest BCUT2D eigenvalue weighted by atomic mass is 9.98. The molecule has 114 valence electrons. The average Bonchev–Trinajstić information content (AvgIpc) is 2.53. The zero-order chi connectivity index (χ0) is 15.2. The van der Waals surface area contributed by atoms with Crippen LogP contribution < -0.4 is 4.74 Å². The lowest BCUT2D eigenvalue weighted by molar-refractivity contribution is -0.149. The van der Waals surface area contributed by atoms with Crippen molar-refractivity contribution in [1.29, 1.82) is 0 Å². The van der Waals surface area contributed by atoms with Gasteiger partial charge in [0.05, 0.1) is 13.0 Å². The molecule has 1 saturated heterocycles. The largest absolute Gasteiger partial charge is 0.504 e. The first-order chi connectivity index (χ1) is 10.1. The predicted molar refractivity (Wildman–Crippen MR) is 74.9 cm³/mol. The van der Waals surface area contributed by atoms with E-state index in [-0.39, 0.29) is 35.9 Å². The number of esters is 1. The van der Waals surface area contributed by atoms with E-state index in [1.54, 1.807) is 23.1 Å². The van der Waals surface area contributed by atoms with Crippen molar-refractivity contribution in [3.63, 3.8) is 0 Å². The molecule has 1 N–H and O–H groups in total. The predicted octanol–water partition coefficient (Wildman–Crippen LogP) is 1.18. The van der Waals surface area contributed by atoms with Gasteiger partial charge in [0, 0.05) is 13.1 Å². The molecule has 1 aromatic carbocycles. The van der Waals surface area contributed by atoms with Crippen LogP contribution in [0.2, 0.25) is 0 Å². The van der Waals surface area contributed by atoms with E-state index in [0.717, 1.165) is 12.8 Å². The highest BCUT2D eigenvalue weighted by molar-refractivity contribution is 5.79. The van der Waals surface area contributed by atoms with E-state index in [4.69, 9.17) is 9.47 Å². The molecule has 1 aliphatic rings. The van der Waals surface area contributed by atoms with Gasteiger partial charge in [0.15, 0.2) is 18.1 Å². The lowest BCUT2D eigenvalue weighted by Crippen LogP contribution is -2.44. The number of likely N-dealkylation sites (tertiary alicyclic amines) is 1. The summed E-state index contributed by atoms with van der Waals surface area (Å²) in [6.45, 7) is 0.803. The van der Waals surface area contributed by atoms with E-state index in [2.05, 4.69) is 0 Å². The molecular formula is C15H19NO5. The van der Waals surface area contributed by atoms with Crippen molar-refractivity contribution >= 4 is 11.9 Å². The van der Waals surface area contributed by atoms with E-state index in [1.165, 1.54) is 13.2 Å². The summed E-state index contributed by atoms with van der Waals surface area (Å²) < 4.78 is 10.0. The monoisotopic (exact) mass is 293 g/mol. The molecule has 1 aliphatic heterocycles. The SMILES string of the molecule is COC(=O)C1CCCN(C(=O)COc2ccccc2O)C1. The van der Waals surface area contributed by atoms with Gasteiger partial charge in [-0.15, -0.1) is 0 Å². The van der Waals surface area contributed by atoms with Crippen molar-refractivity contribution in [1.82, 2.24) is 4.90 Å². The van der Waals surface area contributed by atoms with Gasteiger partial charge in [-0.3, -0.25) is 9.59 Å². The van der Waals surface area contributed by atoms with Gasteiger partial charge in [0.25, 0.3) is 5.91 Å². The summed E-state index contributed by atoms with van der Waals surface area (Å²) >= 11 is 0. The molecule has 0 bridgehead atoms. The summed E-state index contributed by atoms with van der Waals surface area (Å²) in [6.07, 6.45) is 1.50. The van der Waals surface area contributed by atoms with Crippen LogP contribution in [0.5, 0.6) is 11.5 Å². The van der Waals surface area contributed by atoms with Gasteiger partial charge in [-0.25, -0.2) is 0 Å². The van der Waals surface area contributed by atoms with Crippen molar-refractivity contribution in [2.45, 2.75) is 12.8 Å². The molecular weight excluding hydrogens is 274 g/mol. The zero-order valence-electron chi connectivity index (χ0n) is 11.9. The maximum Gasteiger partial charge on any atom is 0.310 e. The second kappa shape index (κ2) is 6.97. The Hall–Kier alpha value is -2.24. The van der Waals surface area contributed by atoms with Crippen LogP contribution in [0.15, 0.2) is 24.3 Å². The van der Waals surface area contributed by atoms with Gasteiger partial charge < -0.3 is 19.5 Å². The number of carbonyl (C=O) groups excluding carboxylic acids is 2. The van der Waals surface area contributed by atoms with Crippen molar-refractivity contribution in [2.24, 2.45) is 5.92 Å². The number of ether oxygens (including phenoxy) is 2. The number of methoxy groups -OCH3 is 1. The molecule has 0 spiro atoms. The highest BCUT2D eigenvalue weighted by Crippen LogP contribution is 2.24. The van der Waals surface area contributed by atoms with Gasteiger partial charge in [0.2, 0.25) is 0 Å². The summed E-state index contributed by atoms with van der Waals surface area (Å²) in [4.78, 5) is 25.2. The van der Waals surface area contributed by atoms with Crippen LogP contribution in [0, 0.1) is 5.92 Å². The van der Waals surface area contributed by atoms with Gasteiger partial charge in [-0.05, 0) is 25.0 Å². The second-order valence-corrected chi connectivity index (χ2v) is 4.96. The van der Waals surface area contributed by atoms with E-state index in [1.807, 2.05) is 0 Å². The number of hydrogen-bond acceptors (Lipinski definition) is 5. The maximum atomic E-state index is 12.1. The van der Waals surface area contributed by atoms with Crippen molar-refractivity contribution in [3.05, 3.63) is 24.3 Å². The average molecular weight is 293 g/mol. The van der Waals surface area contributed by atoms with Crippen LogP contribution in [0.3, 0.4) is 0 Å². The van der Waals surface area contributed by atoms with Crippen LogP contribution in [-0.4, -0.2) is 48.7 Å². The fourth-order valence-electron chi connectivity index (χ4n) is 2.37. The summed E-state index contributed by atoms with van der Waals surface area (Å²) in [5, 5.41) is 9.57. The Kier molecular flexibility index (Phi) is 5.03. The van der Waals surface area contributed by atoms with Crippen LogP contribution in [0.1, 0.15) is 12.8 Å². The molecule has 21 heavy (non-hydrogen) atoms. The Morgan fingerprint density at radius 2 is 2.14 bits per heavy atom. The quantitative estimate of drug-likeness (QED) is 0.844. The Labute approximate surface area is 123 Å². The van der Waals surface area contributed by atoms with Gasteiger partial charge in [0.1, 0.15) is 0 Å². The van der Waals surface area contributed by atoms with Gasteiger partial charge in [-0.1, -0.05) is 12.1 Å². The number of benzene rings is 1. The number of phenolic OH excluding ortho intramolecular Hbond substituents is 1. The maximum absolute atomic E-state index is 12.1. The molecule has 6 nitrogen and oxygen atoms in total. The molecule has 6 heteroatoms. The van der Waals surface area contributed by atoms with Crippen molar-refractivity contribution in [2.75, 3.05) is 26.8 Å². The van der Waals surface area contributed by atoms with Crippen molar-refractivity contribution in [3.8, 4) is 11.5 Å². The van der Waals surface area contributed by atoms with Crippen LogP contribution in [0.4, 0.5) is 0 Å². The second-order valence-electron chi connectivity index (χ2n) is 4.96. The standard InChI is InChI=1S/C15H19NO5/c1-20-15(19)11-5-4-8-16(9-11)14(18)10-21-13-7-3-2-6-12(13)17/h2-3,6-7,11,17H,4-5,8-10H2,1H3. The minimum absolute atomic E-state index is 0.00335.